The fourth-order valence-corrected chi connectivity index (χ4v) is 2.95. The number of hydrogen-bond donors (Lipinski definition) is 0. The van der Waals surface area contributed by atoms with Gasteiger partial charge in [-0.05, 0) is 37.5 Å². The molecule has 0 nitrogen and oxygen atoms in total. The van der Waals surface area contributed by atoms with Crippen molar-refractivity contribution in [2.75, 3.05) is 0 Å². The minimum atomic E-state index is -0.835. The van der Waals surface area contributed by atoms with E-state index in [1.165, 1.54) is 18.9 Å². The predicted octanol–water partition coefficient (Wildman–Crippen LogP) is 1.84. The first kappa shape index (κ1) is 15.7. The van der Waals surface area contributed by atoms with Gasteiger partial charge in [0, 0.05) is 11.6 Å². The molecule has 1 aromatic carbocycles. The van der Waals surface area contributed by atoms with E-state index in [9.17, 15) is 8.78 Å². The molecule has 0 aromatic heterocycles. The van der Waals surface area contributed by atoms with E-state index in [-0.39, 0.29) is 24.8 Å². The van der Waals surface area contributed by atoms with Crippen LogP contribution in [-0.4, -0.2) is 0 Å². The van der Waals surface area contributed by atoms with Crippen LogP contribution in [0.2, 0.25) is 0 Å². The molecule has 1 fully saturated rings. The van der Waals surface area contributed by atoms with E-state index < -0.39 is 11.6 Å². The van der Waals surface area contributed by atoms with Crippen LogP contribution in [0.4, 0.5) is 8.78 Å². The van der Waals surface area contributed by atoms with E-state index in [1.54, 1.807) is 6.07 Å². The molecule has 0 bridgehead atoms. The van der Waals surface area contributed by atoms with Crippen LogP contribution in [0.15, 0.2) is 12.1 Å². The molecule has 0 spiro atoms. The molecular weight excluding hydrogens is 225 g/mol. The van der Waals surface area contributed by atoms with Gasteiger partial charge in [-0.25, -0.2) is 4.39 Å². The summed E-state index contributed by atoms with van der Waals surface area (Å²) in [5.41, 5.74) is 0.552. The number of benzene rings is 1. The second-order valence-corrected chi connectivity index (χ2v) is 5.07. The summed E-state index contributed by atoms with van der Waals surface area (Å²) in [6, 6.07) is 5.44. The Kier molecular flexibility index (Phi) is 6.39. The smallest absolute Gasteiger partial charge is 0.281 e. The molecule has 3 heteroatoms. The molecule has 0 N–H and O–H groups in total. The zero-order chi connectivity index (χ0) is 12.3. The van der Waals surface area contributed by atoms with Crippen molar-refractivity contribution < 1.29 is 27.6 Å². The van der Waals surface area contributed by atoms with Crippen molar-refractivity contribution in [3.8, 4) is 0 Å². The van der Waals surface area contributed by atoms with Crippen LogP contribution >= 0.6 is 0 Å². The first-order valence-corrected chi connectivity index (χ1v) is 6.58. The number of rotatable bonds is 3. The minimum absolute atomic E-state index is 0. The van der Waals surface area contributed by atoms with E-state index >= 15 is 0 Å². The summed E-state index contributed by atoms with van der Waals surface area (Å²) in [6.45, 7) is 2.20. The van der Waals surface area contributed by atoms with Crippen LogP contribution in [0.3, 0.4) is 0 Å². The molecule has 1 aliphatic rings. The van der Waals surface area contributed by atoms with Gasteiger partial charge in [0.2, 0.25) is 0 Å². The molecule has 0 radical (unpaired) electrons. The van der Waals surface area contributed by atoms with E-state index in [0.29, 0.717) is 5.56 Å². The van der Waals surface area contributed by atoms with Crippen LogP contribution in [0.5, 0.6) is 0 Å². The SMILES string of the molecule is CCCC1CCC(c2cc[c-]c(F)c2F)CC1.[Li+]. The van der Waals surface area contributed by atoms with Crippen molar-refractivity contribution in [3.63, 3.8) is 0 Å². The van der Waals surface area contributed by atoms with Gasteiger partial charge in [0.05, 0.1) is 0 Å². The largest absolute Gasteiger partial charge is 1.00 e. The van der Waals surface area contributed by atoms with Gasteiger partial charge in [0.1, 0.15) is 0 Å². The third-order valence-corrected chi connectivity index (χ3v) is 3.90. The monoisotopic (exact) mass is 244 g/mol. The van der Waals surface area contributed by atoms with Crippen LogP contribution in [0, 0.1) is 23.6 Å². The molecule has 0 atom stereocenters. The molecule has 1 aromatic rings. The molecule has 94 valence electrons. The fourth-order valence-electron chi connectivity index (χ4n) is 2.95. The summed E-state index contributed by atoms with van der Waals surface area (Å²) in [6.07, 6.45) is 6.77. The summed E-state index contributed by atoms with van der Waals surface area (Å²) in [5.74, 6) is -0.531. The van der Waals surface area contributed by atoms with E-state index in [2.05, 4.69) is 13.0 Å². The maximum absolute atomic E-state index is 13.6. The standard InChI is InChI=1S/C15H19F2.Li/c1-2-4-11-7-9-12(10-8-11)13-5-3-6-14(16)15(13)17;/h3,5,11-12H,2,4,7-10H2,1H3;/q-1;+1. The Morgan fingerprint density at radius 1 is 1.22 bits per heavy atom. The minimum Gasteiger partial charge on any atom is -0.281 e. The van der Waals surface area contributed by atoms with Crippen molar-refractivity contribution in [2.45, 2.75) is 51.4 Å². The Morgan fingerprint density at radius 3 is 2.50 bits per heavy atom. The fraction of sp³-hybridized carbons (Fsp3) is 0.600. The van der Waals surface area contributed by atoms with Crippen LogP contribution < -0.4 is 18.9 Å². The maximum atomic E-state index is 13.6. The predicted molar refractivity (Wildman–Crippen MR) is 64.8 cm³/mol. The van der Waals surface area contributed by atoms with E-state index in [1.807, 2.05) is 0 Å². The van der Waals surface area contributed by atoms with E-state index in [4.69, 9.17) is 0 Å². The molecule has 0 heterocycles. The van der Waals surface area contributed by atoms with Gasteiger partial charge < -0.3 is 0 Å². The van der Waals surface area contributed by atoms with Gasteiger partial charge in [0.25, 0.3) is 0 Å². The molecule has 1 aliphatic carbocycles. The van der Waals surface area contributed by atoms with Gasteiger partial charge in [-0.3, -0.25) is 4.39 Å². The molecule has 18 heavy (non-hydrogen) atoms. The first-order valence-electron chi connectivity index (χ1n) is 6.58. The van der Waals surface area contributed by atoms with Gasteiger partial charge in [-0.15, -0.1) is 11.6 Å². The summed E-state index contributed by atoms with van der Waals surface area (Å²) in [7, 11) is 0. The molecule has 0 saturated heterocycles. The van der Waals surface area contributed by atoms with Crippen LogP contribution in [0.25, 0.3) is 0 Å². The van der Waals surface area contributed by atoms with Crippen molar-refractivity contribution in [1.29, 1.82) is 0 Å². The van der Waals surface area contributed by atoms with Crippen molar-refractivity contribution in [1.82, 2.24) is 0 Å². The zero-order valence-corrected chi connectivity index (χ0v) is 11.3. The van der Waals surface area contributed by atoms with Crippen LogP contribution in [0.1, 0.15) is 56.9 Å². The molecule has 0 amide bonds. The van der Waals surface area contributed by atoms with Gasteiger partial charge >= 0.3 is 18.9 Å². The maximum Gasteiger partial charge on any atom is 1.00 e. The average Bonchev–Trinajstić information content (AvgIpc) is 2.34. The summed E-state index contributed by atoms with van der Waals surface area (Å²) in [5, 5.41) is 0. The third-order valence-electron chi connectivity index (χ3n) is 3.90. The summed E-state index contributed by atoms with van der Waals surface area (Å²) in [4.78, 5) is 0. The Labute approximate surface area is 120 Å². The zero-order valence-electron chi connectivity index (χ0n) is 11.3. The molecule has 2 rings (SSSR count). The number of halogens is 2. The first-order chi connectivity index (χ1) is 8.22. The normalized spacial score (nSPS) is 23.5. The molecule has 0 aliphatic heterocycles. The summed E-state index contributed by atoms with van der Waals surface area (Å²) >= 11 is 0. The molecule has 0 unspecified atom stereocenters. The number of hydrogen-bond acceptors (Lipinski definition) is 0. The van der Waals surface area contributed by atoms with Crippen molar-refractivity contribution in [2.24, 2.45) is 5.92 Å². The molecule has 1 saturated carbocycles. The topological polar surface area (TPSA) is 0 Å². The van der Waals surface area contributed by atoms with Crippen LogP contribution in [-0.2, 0) is 0 Å². The second-order valence-electron chi connectivity index (χ2n) is 5.07. The third kappa shape index (κ3) is 3.59. The van der Waals surface area contributed by atoms with E-state index in [0.717, 1.165) is 31.6 Å². The van der Waals surface area contributed by atoms with Gasteiger partial charge in [-0.1, -0.05) is 19.8 Å². The van der Waals surface area contributed by atoms with Crippen molar-refractivity contribution >= 4 is 0 Å². The summed E-state index contributed by atoms with van der Waals surface area (Å²) < 4.78 is 26.7. The second kappa shape index (κ2) is 7.31. The Bertz CT molecular complexity index is 371. The Balaban J connectivity index is 0.00000162. The van der Waals surface area contributed by atoms with Gasteiger partial charge in [0.15, 0.2) is 0 Å². The van der Waals surface area contributed by atoms with Gasteiger partial charge in [-0.2, -0.15) is 12.1 Å². The quantitative estimate of drug-likeness (QED) is 0.562. The average molecular weight is 244 g/mol. The Hall–Kier alpha value is -0.323. The Morgan fingerprint density at radius 2 is 1.89 bits per heavy atom. The molecular formula is C15H19F2Li. The van der Waals surface area contributed by atoms with Crippen molar-refractivity contribution in [3.05, 3.63) is 35.4 Å².